The van der Waals surface area contributed by atoms with Gasteiger partial charge in [0.05, 0.1) is 5.69 Å². The lowest BCUT2D eigenvalue weighted by molar-refractivity contribution is 1.05. The monoisotopic (exact) mass is 185 g/mol. The summed E-state index contributed by atoms with van der Waals surface area (Å²) in [6.45, 7) is 0. The molecule has 72 valence electrons. The number of pyridine rings is 1. The number of rotatable bonds is 4. The lowest BCUT2D eigenvalue weighted by atomic mass is 10.2. The molecule has 1 aliphatic carbocycles. The maximum absolute atomic E-state index is 4.22. The second kappa shape index (κ2) is 4.75. The Morgan fingerprint density at radius 3 is 2.86 bits per heavy atom. The molecule has 14 heavy (non-hydrogen) atoms. The highest BCUT2D eigenvalue weighted by atomic mass is 14.6. The summed E-state index contributed by atoms with van der Waals surface area (Å²) in [6, 6.07) is 5.98. The molecule has 1 heteroatoms. The molecule has 0 N–H and O–H groups in total. The molecule has 1 fully saturated rings. The van der Waals surface area contributed by atoms with Gasteiger partial charge < -0.3 is 0 Å². The van der Waals surface area contributed by atoms with Crippen molar-refractivity contribution < 1.29 is 0 Å². The Morgan fingerprint density at radius 2 is 2.14 bits per heavy atom. The van der Waals surface area contributed by atoms with Crippen molar-refractivity contribution in [2.45, 2.75) is 25.7 Å². The van der Waals surface area contributed by atoms with Crippen molar-refractivity contribution in [2.24, 2.45) is 0 Å². The third-order valence-electron chi connectivity index (χ3n) is 2.28. The molecule has 1 aliphatic rings. The molecule has 0 atom stereocenters. The van der Waals surface area contributed by atoms with Crippen LogP contribution in [0.3, 0.4) is 0 Å². The normalized spacial score (nSPS) is 14.7. The summed E-state index contributed by atoms with van der Waals surface area (Å²) in [5, 5.41) is 0. The fraction of sp³-hybridized carbons (Fsp3) is 0.308. The summed E-state index contributed by atoms with van der Waals surface area (Å²) in [4.78, 5) is 4.22. The van der Waals surface area contributed by atoms with Crippen LogP contribution in [0, 0.1) is 0 Å². The number of hydrogen-bond donors (Lipinski definition) is 0. The van der Waals surface area contributed by atoms with Crippen LogP contribution in [0.25, 0.3) is 6.08 Å². The van der Waals surface area contributed by atoms with Gasteiger partial charge in [-0.3, -0.25) is 4.98 Å². The molecule has 0 saturated heterocycles. The standard InChI is InChI=1S/C13H15N/c1(2-6-12-9-10-12)3-7-13-8-4-5-11-14-13/h3-8,11H,1-2,9-10H2/b7-3+. The van der Waals surface area contributed by atoms with Gasteiger partial charge in [0, 0.05) is 6.20 Å². The van der Waals surface area contributed by atoms with Gasteiger partial charge in [-0.15, -0.1) is 0 Å². The van der Waals surface area contributed by atoms with E-state index >= 15 is 0 Å². The smallest absolute Gasteiger partial charge is 0.0626 e. The average Bonchev–Trinajstić information content (AvgIpc) is 3.03. The number of nitrogens with zero attached hydrogens (tertiary/aromatic N) is 1. The van der Waals surface area contributed by atoms with E-state index in [0.717, 1.165) is 12.1 Å². The van der Waals surface area contributed by atoms with Crippen molar-refractivity contribution in [2.75, 3.05) is 0 Å². The summed E-state index contributed by atoms with van der Waals surface area (Å²) < 4.78 is 0. The zero-order valence-electron chi connectivity index (χ0n) is 8.32. The first-order valence-corrected chi connectivity index (χ1v) is 5.20. The van der Waals surface area contributed by atoms with Crippen LogP contribution in [0.15, 0.2) is 42.1 Å². The molecule has 0 aliphatic heterocycles. The Hall–Kier alpha value is -1.37. The van der Waals surface area contributed by atoms with E-state index in [1.165, 1.54) is 19.3 Å². The molecule has 0 radical (unpaired) electrons. The van der Waals surface area contributed by atoms with Gasteiger partial charge in [0.15, 0.2) is 0 Å². The third kappa shape index (κ3) is 3.17. The number of unbranched alkanes of at least 4 members (excludes halogenated alkanes) is 1. The first kappa shape index (κ1) is 9.20. The molecule has 0 aromatic carbocycles. The molecule has 0 amide bonds. The van der Waals surface area contributed by atoms with Gasteiger partial charge in [-0.2, -0.15) is 0 Å². The maximum atomic E-state index is 4.22. The van der Waals surface area contributed by atoms with E-state index in [1.54, 1.807) is 5.57 Å². The third-order valence-corrected chi connectivity index (χ3v) is 2.28. The topological polar surface area (TPSA) is 12.9 Å². The van der Waals surface area contributed by atoms with Crippen molar-refractivity contribution in [3.63, 3.8) is 0 Å². The highest BCUT2D eigenvalue weighted by Gasteiger charge is 2.08. The fourth-order valence-electron chi connectivity index (χ4n) is 1.34. The maximum Gasteiger partial charge on any atom is 0.0626 e. The van der Waals surface area contributed by atoms with Gasteiger partial charge in [-0.05, 0) is 43.9 Å². The van der Waals surface area contributed by atoms with Crippen molar-refractivity contribution in [1.29, 1.82) is 0 Å². The van der Waals surface area contributed by atoms with Gasteiger partial charge in [0.2, 0.25) is 0 Å². The summed E-state index contributed by atoms with van der Waals surface area (Å²) in [5.41, 5.74) is 2.68. The summed E-state index contributed by atoms with van der Waals surface area (Å²) in [6.07, 6.45) is 13.5. The molecular weight excluding hydrogens is 170 g/mol. The highest BCUT2D eigenvalue weighted by molar-refractivity contribution is 5.43. The largest absolute Gasteiger partial charge is 0.257 e. The lowest BCUT2D eigenvalue weighted by Gasteiger charge is -1.89. The Balaban J connectivity index is 1.74. The number of allylic oxidation sites excluding steroid dienone is 3. The van der Waals surface area contributed by atoms with Crippen molar-refractivity contribution >= 4 is 6.08 Å². The Kier molecular flexibility index (Phi) is 3.12. The minimum absolute atomic E-state index is 1.05. The molecule has 1 nitrogen and oxygen atoms in total. The van der Waals surface area contributed by atoms with E-state index in [9.17, 15) is 0 Å². The second-order valence-electron chi connectivity index (χ2n) is 3.60. The van der Waals surface area contributed by atoms with Crippen molar-refractivity contribution in [3.8, 4) is 0 Å². The number of hydrogen-bond acceptors (Lipinski definition) is 1. The summed E-state index contributed by atoms with van der Waals surface area (Å²) in [5.74, 6) is 0. The van der Waals surface area contributed by atoms with Crippen molar-refractivity contribution in [3.05, 3.63) is 47.8 Å². The summed E-state index contributed by atoms with van der Waals surface area (Å²) in [7, 11) is 0. The van der Waals surface area contributed by atoms with E-state index < -0.39 is 0 Å². The molecule has 1 saturated carbocycles. The van der Waals surface area contributed by atoms with Crippen LogP contribution in [-0.4, -0.2) is 4.98 Å². The number of aromatic nitrogens is 1. The molecule has 1 aromatic rings. The predicted molar refractivity (Wildman–Crippen MR) is 59.8 cm³/mol. The molecule has 0 unspecified atom stereocenters. The minimum atomic E-state index is 1.05. The molecule has 2 rings (SSSR count). The SMILES string of the molecule is C(CC/C=C/c1ccccn1)=C1CC1. The van der Waals surface area contributed by atoms with E-state index in [4.69, 9.17) is 0 Å². The molecule has 0 bridgehead atoms. The van der Waals surface area contributed by atoms with Gasteiger partial charge in [0.25, 0.3) is 0 Å². The van der Waals surface area contributed by atoms with Gasteiger partial charge >= 0.3 is 0 Å². The van der Waals surface area contributed by atoms with Crippen LogP contribution in [0.4, 0.5) is 0 Å². The van der Waals surface area contributed by atoms with Crippen LogP contribution < -0.4 is 0 Å². The zero-order valence-corrected chi connectivity index (χ0v) is 8.32. The van der Waals surface area contributed by atoms with E-state index in [1.807, 2.05) is 24.4 Å². The van der Waals surface area contributed by atoms with Crippen LogP contribution in [-0.2, 0) is 0 Å². The van der Waals surface area contributed by atoms with Crippen LogP contribution in [0.5, 0.6) is 0 Å². The van der Waals surface area contributed by atoms with Crippen LogP contribution >= 0.6 is 0 Å². The van der Waals surface area contributed by atoms with E-state index in [0.29, 0.717) is 0 Å². The average molecular weight is 185 g/mol. The summed E-state index contributed by atoms with van der Waals surface area (Å²) >= 11 is 0. The van der Waals surface area contributed by atoms with Gasteiger partial charge in [-0.1, -0.05) is 23.8 Å². The Morgan fingerprint density at radius 1 is 1.21 bits per heavy atom. The lowest BCUT2D eigenvalue weighted by Crippen LogP contribution is -1.75. The first-order valence-electron chi connectivity index (χ1n) is 5.20. The molecule has 1 aromatic heterocycles. The minimum Gasteiger partial charge on any atom is -0.257 e. The van der Waals surface area contributed by atoms with Crippen LogP contribution in [0.2, 0.25) is 0 Å². The Bertz CT molecular complexity index is 330. The molecular formula is C13H15N. The predicted octanol–water partition coefficient (Wildman–Crippen LogP) is 3.60. The van der Waals surface area contributed by atoms with Gasteiger partial charge in [-0.25, -0.2) is 0 Å². The van der Waals surface area contributed by atoms with Crippen molar-refractivity contribution in [1.82, 2.24) is 4.98 Å². The highest BCUT2D eigenvalue weighted by Crippen LogP contribution is 2.28. The fourth-order valence-corrected chi connectivity index (χ4v) is 1.34. The zero-order chi connectivity index (χ0) is 9.64. The van der Waals surface area contributed by atoms with E-state index in [2.05, 4.69) is 23.2 Å². The van der Waals surface area contributed by atoms with E-state index in [-0.39, 0.29) is 0 Å². The quantitative estimate of drug-likeness (QED) is 0.516. The van der Waals surface area contributed by atoms with Gasteiger partial charge in [0.1, 0.15) is 0 Å². The Labute approximate surface area is 85.2 Å². The molecule has 0 spiro atoms. The first-order chi connectivity index (χ1) is 6.95. The molecule has 1 heterocycles. The second-order valence-corrected chi connectivity index (χ2v) is 3.60. The van der Waals surface area contributed by atoms with Crippen LogP contribution in [0.1, 0.15) is 31.4 Å².